The van der Waals surface area contributed by atoms with E-state index in [-0.39, 0.29) is 11.7 Å². The molecule has 398 valence electrons. The van der Waals surface area contributed by atoms with E-state index in [1.165, 1.54) is 17.2 Å². The number of nitrogens with two attached hydrogens (primary N) is 4. The fourth-order valence-electron chi connectivity index (χ4n) is 7.07. The van der Waals surface area contributed by atoms with Crippen molar-refractivity contribution < 1.29 is 24.0 Å². The van der Waals surface area contributed by atoms with Crippen LogP contribution in [0.15, 0.2) is 137 Å². The van der Waals surface area contributed by atoms with Gasteiger partial charge >= 0.3 is 0 Å². The number of carbonyl (C=O) groups excluding carboxylic acids is 5. The van der Waals surface area contributed by atoms with Crippen LogP contribution >= 0.6 is 31.9 Å². The Bertz CT molecular complexity index is 3020. The average Bonchev–Trinajstić information content (AvgIpc) is 3.33. The average molecular weight is 1150 g/mol. The molecule has 0 radical (unpaired) electrons. The van der Waals surface area contributed by atoms with Crippen molar-refractivity contribution in [3.05, 3.63) is 171 Å². The van der Waals surface area contributed by atoms with Gasteiger partial charge in [0.05, 0.1) is 16.6 Å². The molecule has 8 N–H and O–H groups in total. The summed E-state index contributed by atoms with van der Waals surface area (Å²) in [7, 11) is 0. The Balaban J connectivity index is 0.000000324. The summed E-state index contributed by atoms with van der Waals surface area (Å²) in [6.07, 6.45) is 9.71. The minimum atomic E-state index is -0.481. The van der Waals surface area contributed by atoms with Crippen LogP contribution < -0.4 is 22.9 Å². The zero-order valence-electron chi connectivity index (χ0n) is 44.9. The van der Waals surface area contributed by atoms with Gasteiger partial charge in [-0.3, -0.25) is 34.1 Å². The number of aryl methyl sites for hydroxylation is 1. The summed E-state index contributed by atoms with van der Waals surface area (Å²) < 4.78 is 1.97. The largest absolute Gasteiger partial charge is 0.398 e. The van der Waals surface area contributed by atoms with Gasteiger partial charge in [0.1, 0.15) is 5.78 Å². The molecule has 0 aliphatic heterocycles. The highest BCUT2D eigenvalue weighted by molar-refractivity contribution is 9.10. The van der Waals surface area contributed by atoms with Gasteiger partial charge in [-0.05, 0) is 158 Å². The number of anilines is 1. The third-order valence-electron chi connectivity index (χ3n) is 10.3. The van der Waals surface area contributed by atoms with Gasteiger partial charge < -0.3 is 27.7 Å². The smallest absolute Gasteiger partial charge is 0.241 e. The van der Waals surface area contributed by atoms with Crippen molar-refractivity contribution in [2.45, 2.75) is 101 Å². The zero-order chi connectivity index (χ0) is 56.2. The summed E-state index contributed by atoms with van der Waals surface area (Å²) in [5.41, 5.74) is 29.8. The molecule has 7 rings (SSSR count). The first-order chi connectivity index (χ1) is 35.4. The maximum atomic E-state index is 10.8. The monoisotopic (exact) mass is 1140 g/mol. The van der Waals surface area contributed by atoms with Crippen LogP contribution in [0.5, 0.6) is 0 Å². The zero-order valence-corrected chi connectivity index (χ0v) is 48.1. The fourth-order valence-corrected chi connectivity index (χ4v) is 7.82. The molecule has 0 saturated heterocycles. The molecule has 0 saturated carbocycles. The topological polar surface area (TPSA) is 228 Å². The molecule has 4 aromatic carbocycles. The standard InChI is InChI=1S/C16H20N2O.C16H18N2O.C13H14BrN.C7H6BrNO.C6H12O.C3H5NO/c2*1-11(2)9-14-6-5-13-10-12(4-8-16(17)19)3-7-15(13)18-14;1-9(2)7-12-5-3-10-8-11(14)4-6-13(10)15-12;8-6-1-2-7(9)5(3-6)4-10;1-5(2)4-6(3)7;1-2-3(4)5/h3,5-7,10-11H,4,8-9H2,1-2H3,(H2,17,19);3-8,10-11H,9H2,1-2H3,(H2,17,19);3-6,8-9H,7H2,1-2H3;1-4H,9H2;5H,4H2,1-3H3;2H,1H2,(H2,4,5)/b;8-4+;;;;. The van der Waals surface area contributed by atoms with E-state index in [4.69, 9.17) is 17.2 Å². The van der Waals surface area contributed by atoms with Crippen LogP contribution in [0, 0.1) is 23.7 Å². The van der Waals surface area contributed by atoms with Crippen molar-refractivity contribution in [1.82, 2.24) is 15.0 Å². The molecule has 0 aliphatic carbocycles. The number of Topliss-reactive ketones (excluding diaryl/α,β-unsaturated/α-hetero) is 1. The summed E-state index contributed by atoms with van der Waals surface area (Å²) >= 11 is 6.69. The Morgan fingerprint density at radius 1 is 0.573 bits per heavy atom. The van der Waals surface area contributed by atoms with E-state index in [0.29, 0.717) is 47.8 Å². The first-order valence-electron chi connectivity index (χ1n) is 24.9. The second kappa shape index (κ2) is 33.8. The Labute approximate surface area is 460 Å². The minimum absolute atomic E-state index is 0.259. The number of aromatic nitrogens is 3. The Morgan fingerprint density at radius 2 is 1.01 bits per heavy atom. The van der Waals surface area contributed by atoms with Crippen LogP contribution in [-0.4, -0.2) is 44.7 Å². The Morgan fingerprint density at radius 3 is 1.41 bits per heavy atom. The van der Waals surface area contributed by atoms with Crippen LogP contribution in [0.1, 0.15) is 114 Å². The molecule has 0 fully saturated rings. The number of hydrogen-bond donors (Lipinski definition) is 4. The number of fused-ring (bicyclic) bond motifs is 3. The molecular formula is C61H75Br2N7O5. The Kier molecular flexibility index (Phi) is 29.0. The summed E-state index contributed by atoms with van der Waals surface area (Å²) in [6, 6.07) is 36.0. The molecule has 0 bridgehead atoms. The van der Waals surface area contributed by atoms with Crippen LogP contribution in [0.2, 0.25) is 0 Å². The second-order valence-corrected chi connectivity index (χ2v) is 21.3. The Hall–Kier alpha value is -6.90. The lowest BCUT2D eigenvalue weighted by molar-refractivity contribution is -0.118. The molecule has 0 atom stereocenters. The van der Waals surface area contributed by atoms with E-state index in [1.807, 2.05) is 50.2 Å². The van der Waals surface area contributed by atoms with Crippen molar-refractivity contribution >= 4 is 106 Å². The van der Waals surface area contributed by atoms with Crippen molar-refractivity contribution in [2.24, 2.45) is 40.9 Å². The fraction of sp³-hybridized carbons (Fsp3) is 0.311. The SMILES string of the molecule is C=CC(N)=O.CC(=O)CC(C)C.CC(C)Cc1ccc2cc(/C=C/C(N)=O)ccc2n1.CC(C)Cc1ccc2cc(Br)ccc2n1.CC(C)Cc1ccc2cc(CCC(N)=O)ccc2n1.Nc1ccc(Br)cc1C=O. The van der Waals surface area contributed by atoms with Crippen molar-refractivity contribution in [2.75, 3.05) is 5.73 Å². The van der Waals surface area contributed by atoms with Gasteiger partial charge in [-0.2, -0.15) is 0 Å². The number of carbonyl (C=O) groups is 5. The highest BCUT2D eigenvalue weighted by Gasteiger charge is 2.06. The van der Waals surface area contributed by atoms with Crippen molar-refractivity contribution in [1.29, 1.82) is 0 Å². The molecule has 3 aromatic heterocycles. The van der Waals surface area contributed by atoms with E-state index in [1.54, 1.807) is 31.2 Å². The number of rotatable bonds is 15. The van der Waals surface area contributed by atoms with Gasteiger partial charge in [0.25, 0.3) is 0 Å². The molecule has 14 heteroatoms. The summed E-state index contributed by atoms with van der Waals surface area (Å²) in [4.78, 5) is 65.4. The molecule has 75 heavy (non-hydrogen) atoms. The predicted molar refractivity (Wildman–Crippen MR) is 318 cm³/mol. The molecule has 3 amide bonds. The lowest BCUT2D eigenvalue weighted by Crippen LogP contribution is -2.11. The van der Waals surface area contributed by atoms with E-state index in [0.717, 1.165) is 96.8 Å². The first kappa shape index (κ1) is 64.2. The lowest BCUT2D eigenvalue weighted by atomic mass is 10.0. The number of halogens is 2. The molecule has 3 heterocycles. The quantitative estimate of drug-likeness (QED) is 0.0434. The highest BCUT2D eigenvalue weighted by Crippen LogP contribution is 2.21. The van der Waals surface area contributed by atoms with Gasteiger partial charge in [0.2, 0.25) is 17.7 Å². The van der Waals surface area contributed by atoms with Crippen LogP contribution in [0.25, 0.3) is 38.8 Å². The van der Waals surface area contributed by atoms with Gasteiger partial charge in [-0.25, -0.2) is 0 Å². The number of hydrogen-bond acceptors (Lipinski definition) is 9. The molecule has 0 unspecified atom stereocenters. The lowest BCUT2D eigenvalue weighted by Gasteiger charge is -2.07. The molecule has 7 aromatic rings. The number of nitrogens with zero attached hydrogens (tertiary/aromatic N) is 3. The van der Waals surface area contributed by atoms with Gasteiger partial charge in [-0.15, -0.1) is 0 Å². The second-order valence-electron chi connectivity index (χ2n) is 19.5. The summed E-state index contributed by atoms with van der Waals surface area (Å²) in [5, 5.41) is 3.38. The highest BCUT2D eigenvalue weighted by atomic mass is 79.9. The maximum Gasteiger partial charge on any atom is 0.241 e. The van der Waals surface area contributed by atoms with Crippen molar-refractivity contribution in [3.63, 3.8) is 0 Å². The van der Waals surface area contributed by atoms with E-state index in [9.17, 15) is 24.0 Å². The number of benzene rings is 4. The maximum absolute atomic E-state index is 10.8. The van der Waals surface area contributed by atoms with Crippen molar-refractivity contribution in [3.8, 4) is 0 Å². The van der Waals surface area contributed by atoms with Gasteiger partial charge in [0, 0.05) is 72.4 Å². The third kappa shape index (κ3) is 27.3. The normalized spacial score (nSPS) is 10.5. The number of nitrogen functional groups attached to an aromatic ring is 1. The third-order valence-corrected chi connectivity index (χ3v) is 11.3. The van der Waals surface area contributed by atoms with E-state index < -0.39 is 11.8 Å². The minimum Gasteiger partial charge on any atom is -0.398 e. The number of aldehydes is 1. The molecule has 0 aliphatic rings. The number of ketones is 1. The van der Waals surface area contributed by atoms with E-state index in [2.05, 4.69) is 155 Å². The molecular weight excluding hydrogens is 1070 g/mol. The van der Waals surface area contributed by atoms with Gasteiger partial charge in [0.15, 0.2) is 6.29 Å². The van der Waals surface area contributed by atoms with E-state index >= 15 is 0 Å². The van der Waals surface area contributed by atoms with Crippen LogP contribution in [0.4, 0.5) is 5.69 Å². The van der Waals surface area contributed by atoms with Gasteiger partial charge in [-0.1, -0.05) is 124 Å². The number of amides is 3. The number of primary amides is 3. The number of pyridine rings is 3. The summed E-state index contributed by atoms with van der Waals surface area (Å²) in [5.74, 6) is 1.50. The van der Waals surface area contributed by atoms with Crippen LogP contribution in [-0.2, 0) is 44.9 Å². The van der Waals surface area contributed by atoms with Crippen LogP contribution in [0.3, 0.4) is 0 Å². The molecule has 12 nitrogen and oxygen atoms in total. The predicted octanol–water partition coefficient (Wildman–Crippen LogP) is 13.1. The summed E-state index contributed by atoms with van der Waals surface area (Å²) in [6.45, 7) is 22.0. The molecule has 0 spiro atoms. The first-order valence-corrected chi connectivity index (χ1v) is 26.5.